The second-order valence-electron chi connectivity index (χ2n) is 6.13. The van der Waals surface area contributed by atoms with Gasteiger partial charge in [-0.3, -0.25) is 0 Å². The highest BCUT2D eigenvalue weighted by Gasteiger charge is 2.34. The Labute approximate surface area is 154 Å². The molecule has 1 aromatic carbocycles. The van der Waals surface area contributed by atoms with Crippen LogP contribution in [0.1, 0.15) is 58.1 Å². The van der Waals surface area contributed by atoms with E-state index in [0.717, 1.165) is 24.8 Å². The molecule has 0 saturated carbocycles. The molecule has 142 valence electrons. The van der Waals surface area contributed by atoms with E-state index in [9.17, 15) is 9.59 Å². The molecule has 0 bridgehead atoms. The molecule has 26 heavy (non-hydrogen) atoms. The number of amides is 2. The maximum Gasteiger partial charge on any atom is 0.338 e. The van der Waals surface area contributed by atoms with Crippen molar-refractivity contribution in [2.45, 2.75) is 52.5 Å². The van der Waals surface area contributed by atoms with Crippen LogP contribution < -0.4 is 15.4 Å². The molecule has 1 atom stereocenters. The van der Waals surface area contributed by atoms with Crippen molar-refractivity contribution in [3.8, 4) is 5.75 Å². The topological polar surface area (TPSA) is 76.7 Å². The summed E-state index contributed by atoms with van der Waals surface area (Å²) in [4.78, 5) is 24.8. The number of unbranched alkanes of at least 4 members (excludes halogenated alkanes) is 1. The molecule has 2 amide bonds. The van der Waals surface area contributed by atoms with Crippen LogP contribution in [0, 0.1) is 0 Å². The lowest BCUT2D eigenvalue weighted by Gasteiger charge is -2.30. The predicted octanol–water partition coefficient (Wildman–Crippen LogP) is 3.84. The van der Waals surface area contributed by atoms with Gasteiger partial charge < -0.3 is 20.1 Å². The van der Waals surface area contributed by atoms with Gasteiger partial charge in [-0.15, -0.1) is 0 Å². The summed E-state index contributed by atoms with van der Waals surface area (Å²) in [5.41, 5.74) is 1.82. The summed E-state index contributed by atoms with van der Waals surface area (Å²) in [5.74, 6) is 0.252. The zero-order valence-electron chi connectivity index (χ0n) is 15.8. The first-order valence-electron chi connectivity index (χ1n) is 9.31. The van der Waals surface area contributed by atoms with E-state index in [1.807, 2.05) is 31.2 Å². The molecule has 1 aliphatic heterocycles. The molecule has 0 aromatic heterocycles. The minimum atomic E-state index is -0.595. The van der Waals surface area contributed by atoms with Crippen LogP contribution in [0.2, 0.25) is 0 Å². The molecule has 0 spiro atoms. The van der Waals surface area contributed by atoms with Gasteiger partial charge in [0.25, 0.3) is 0 Å². The number of esters is 1. The van der Waals surface area contributed by atoms with E-state index in [2.05, 4.69) is 17.6 Å². The Balaban J connectivity index is 2.45. The van der Waals surface area contributed by atoms with Gasteiger partial charge in [0, 0.05) is 11.3 Å². The van der Waals surface area contributed by atoms with Crippen molar-refractivity contribution in [1.29, 1.82) is 0 Å². The Hall–Kier alpha value is -2.50. The number of rotatable bonds is 9. The molecule has 2 N–H and O–H groups in total. The van der Waals surface area contributed by atoms with E-state index < -0.39 is 12.0 Å². The molecule has 0 fully saturated rings. The summed E-state index contributed by atoms with van der Waals surface area (Å²) in [6.45, 7) is 6.73. The molecule has 0 aliphatic carbocycles. The van der Waals surface area contributed by atoms with Gasteiger partial charge in [0.2, 0.25) is 0 Å². The van der Waals surface area contributed by atoms with Crippen molar-refractivity contribution < 1.29 is 19.1 Å². The standard InChI is InChI=1S/C20H28N2O4/c1-4-7-13-26-16-12-9-8-11-14(16)18-17(19(23)25-6-3)15(10-5-2)21-20(24)22-18/h8-9,11-12,18H,4-7,10,13H2,1-3H3,(H2,21,22,24). The van der Waals surface area contributed by atoms with Gasteiger partial charge in [0.15, 0.2) is 0 Å². The first-order valence-corrected chi connectivity index (χ1v) is 9.31. The lowest BCUT2D eigenvalue weighted by molar-refractivity contribution is -0.139. The highest BCUT2D eigenvalue weighted by molar-refractivity contribution is 5.95. The number of benzene rings is 1. The molecular formula is C20H28N2O4. The number of hydrogen-bond acceptors (Lipinski definition) is 4. The van der Waals surface area contributed by atoms with Gasteiger partial charge >= 0.3 is 12.0 Å². The number of urea groups is 1. The van der Waals surface area contributed by atoms with E-state index >= 15 is 0 Å². The van der Waals surface area contributed by atoms with E-state index in [-0.39, 0.29) is 12.6 Å². The number of para-hydroxylation sites is 1. The smallest absolute Gasteiger partial charge is 0.338 e. The summed E-state index contributed by atoms with van der Waals surface area (Å²) in [6.07, 6.45) is 3.37. The van der Waals surface area contributed by atoms with E-state index in [1.165, 1.54) is 0 Å². The quantitative estimate of drug-likeness (QED) is 0.518. The molecule has 1 unspecified atom stereocenters. The van der Waals surface area contributed by atoms with Crippen LogP contribution in [0.15, 0.2) is 35.5 Å². The predicted molar refractivity (Wildman–Crippen MR) is 99.8 cm³/mol. The first kappa shape index (κ1) is 19.8. The second-order valence-corrected chi connectivity index (χ2v) is 6.13. The SMILES string of the molecule is CCCCOc1ccccc1C1NC(=O)NC(CCC)=C1C(=O)OCC. The Morgan fingerprint density at radius 2 is 1.92 bits per heavy atom. The lowest BCUT2D eigenvalue weighted by Crippen LogP contribution is -2.46. The van der Waals surface area contributed by atoms with Crippen LogP contribution >= 0.6 is 0 Å². The molecule has 1 aromatic rings. The van der Waals surface area contributed by atoms with Crippen LogP contribution in [-0.4, -0.2) is 25.2 Å². The number of carbonyl (C=O) groups is 2. The monoisotopic (exact) mass is 360 g/mol. The molecule has 2 rings (SSSR count). The zero-order chi connectivity index (χ0) is 18.9. The Bertz CT molecular complexity index is 670. The van der Waals surface area contributed by atoms with Crippen LogP contribution in [-0.2, 0) is 9.53 Å². The average molecular weight is 360 g/mol. The van der Waals surface area contributed by atoms with Crippen molar-refractivity contribution in [2.75, 3.05) is 13.2 Å². The van der Waals surface area contributed by atoms with E-state index in [4.69, 9.17) is 9.47 Å². The van der Waals surface area contributed by atoms with Crippen molar-refractivity contribution in [1.82, 2.24) is 10.6 Å². The normalized spacial score (nSPS) is 16.7. The van der Waals surface area contributed by atoms with Gasteiger partial charge in [-0.1, -0.05) is 44.9 Å². The third-order valence-corrected chi connectivity index (χ3v) is 4.13. The largest absolute Gasteiger partial charge is 0.493 e. The number of ether oxygens (including phenoxy) is 2. The molecule has 1 heterocycles. The Morgan fingerprint density at radius 3 is 2.62 bits per heavy atom. The highest BCUT2D eigenvalue weighted by atomic mass is 16.5. The van der Waals surface area contributed by atoms with Gasteiger partial charge in [-0.05, 0) is 25.8 Å². The minimum Gasteiger partial charge on any atom is -0.493 e. The van der Waals surface area contributed by atoms with Crippen LogP contribution in [0.3, 0.4) is 0 Å². The fourth-order valence-electron chi connectivity index (χ4n) is 2.93. The first-order chi connectivity index (χ1) is 12.6. The van der Waals surface area contributed by atoms with Crippen molar-refractivity contribution >= 4 is 12.0 Å². The Morgan fingerprint density at radius 1 is 1.15 bits per heavy atom. The highest BCUT2D eigenvalue weighted by Crippen LogP contribution is 2.34. The number of carbonyl (C=O) groups excluding carboxylic acids is 2. The summed E-state index contributed by atoms with van der Waals surface area (Å²) in [6, 6.07) is 6.58. The molecule has 0 saturated heterocycles. The third kappa shape index (κ3) is 4.77. The van der Waals surface area contributed by atoms with E-state index in [0.29, 0.717) is 30.0 Å². The van der Waals surface area contributed by atoms with Gasteiger partial charge in [-0.2, -0.15) is 0 Å². The summed E-state index contributed by atoms with van der Waals surface area (Å²) < 4.78 is 11.2. The summed E-state index contributed by atoms with van der Waals surface area (Å²) in [7, 11) is 0. The maximum atomic E-state index is 12.6. The van der Waals surface area contributed by atoms with Crippen LogP contribution in [0.5, 0.6) is 5.75 Å². The van der Waals surface area contributed by atoms with Crippen LogP contribution in [0.4, 0.5) is 4.79 Å². The number of hydrogen-bond donors (Lipinski definition) is 2. The summed E-state index contributed by atoms with van der Waals surface area (Å²) >= 11 is 0. The maximum absolute atomic E-state index is 12.6. The van der Waals surface area contributed by atoms with Gasteiger partial charge in [-0.25, -0.2) is 9.59 Å². The van der Waals surface area contributed by atoms with Crippen molar-refractivity contribution in [3.63, 3.8) is 0 Å². The van der Waals surface area contributed by atoms with Crippen LogP contribution in [0.25, 0.3) is 0 Å². The van der Waals surface area contributed by atoms with Crippen molar-refractivity contribution in [3.05, 3.63) is 41.1 Å². The lowest BCUT2D eigenvalue weighted by atomic mass is 9.93. The average Bonchev–Trinajstić information content (AvgIpc) is 2.62. The minimum absolute atomic E-state index is 0.275. The Kier molecular flexibility index (Phi) is 7.51. The third-order valence-electron chi connectivity index (χ3n) is 4.13. The van der Waals surface area contributed by atoms with Crippen molar-refractivity contribution in [2.24, 2.45) is 0 Å². The fraction of sp³-hybridized carbons (Fsp3) is 0.500. The second kappa shape index (κ2) is 9.85. The fourth-order valence-corrected chi connectivity index (χ4v) is 2.93. The number of nitrogens with one attached hydrogen (secondary N) is 2. The summed E-state index contributed by atoms with van der Waals surface area (Å²) in [5, 5.41) is 5.62. The molecule has 6 nitrogen and oxygen atoms in total. The molecule has 0 radical (unpaired) electrons. The molecule has 6 heteroatoms. The molecule has 1 aliphatic rings. The number of allylic oxidation sites excluding steroid dienone is 1. The van der Waals surface area contributed by atoms with Gasteiger partial charge in [0.05, 0.1) is 24.8 Å². The molecular weight excluding hydrogens is 332 g/mol. The van der Waals surface area contributed by atoms with Gasteiger partial charge in [0.1, 0.15) is 5.75 Å². The van der Waals surface area contributed by atoms with E-state index in [1.54, 1.807) is 6.92 Å². The zero-order valence-corrected chi connectivity index (χ0v) is 15.8.